The van der Waals surface area contributed by atoms with Crippen LogP contribution < -0.4 is 11.1 Å². The van der Waals surface area contributed by atoms with Crippen LogP contribution in [0.2, 0.25) is 0 Å². The van der Waals surface area contributed by atoms with Crippen molar-refractivity contribution in [1.82, 2.24) is 15.1 Å². The lowest BCUT2D eigenvalue weighted by Crippen LogP contribution is -2.36. The second-order valence-electron chi connectivity index (χ2n) is 4.55. The maximum absolute atomic E-state index is 11.8. The summed E-state index contributed by atoms with van der Waals surface area (Å²) in [6, 6.07) is 1.95. The summed E-state index contributed by atoms with van der Waals surface area (Å²) in [6.45, 7) is 1.09. The van der Waals surface area contributed by atoms with Gasteiger partial charge >= 0.3 is 0 Å². The van der Waals surface area contributed by atoms with E-state index in [1.54, 1.807) is 6.20 Å². The van der Waals surface area contributed by atoms with Crippen molar-refractivity contribution in [3.05, 3.63) is 18.0 Å². The molecule has 100 valence electrons. The fraction of sp³-hybridized carbons (Fsp3) is 0.667. The number of amides is 1. The van der Waals surface area contributed by atoms with Crippen LogP contribution in [0.3, 0.4) is 0 Å². The fourth-order valence-corrected chi connectivity index (χ4v) is 2.15. The van der Waals surface area contributed by atoms with Gasteiger partial charge < -0.3 is 15.8 Å². The molecule has 0 bridgehead atoms. The Morgan fingerprint density at radius 1 is 1.67 bits per heavy atom. The lowest BCUT2D eigenvalue weighted by Gasteiger charge is -2.12. The Bertz CT molecular complexity index is 405. The first-order valence-corrected chi connectivity index (χ1v) is 6.31. The lowest BCUT2D eigenvalue weighted by molar-refractivity contribution is -0.131. The zero-order valence-electron chi connectivity index (χ0n) is 10.6. The Balaban J connectivity index is 1.71. The summed E-state index contributed by atoms with van der Waals surface area (Å²) >= 11 is 0. The highest BCUT2D eigenvalue weighted by Gasteiger charge is 2.29. The van der Waals surface area contributed by atoms with Crippen molar-refractivity contribution in [2.45, 2.75) is 31.5 Å². The Labute approximate surface area is 106 Å². The van der Waals surface area contributed by atoms with E-state index in [2.05, 4.69) is 10.4 Å². The molecular formula is C12H20N4O2. The van der Waals surface area contributed by atoms with Gasteiger partial charge in [-0.15, -0.1) is 0 Å². The number of aromatic nitrogens is 2. The van der Waals surface area contributed by atoms with Gasteiger partial charge in [-0.2, -0.15) is 5.10 Å². The molecule has 0 spiro atoms. The summed E-state index contributed by atoms with van der Waals surface area (Å²) in [5, 5.41) is 6.97. The van der Waals surface area contributed by atoms with Crippen molar-refractivity contribution in [2.24, 2.45) is 12.8 Å². The molecule has 0 radical (unpaired) electrons. The van der Waals surface area contributed by atoms with E-state index < -0.39 is 0 Å². The molecule has 1 saturated heterocycles. The predicted molar refractivity (Wildman–Crippen MR) is 66.9 cm³/mol. The molecule has 0 aliphatic carbocycles. The molecular weight excluding hydrogens is 232 g/mol. The van der Waals surface area contributed by atoms with Crippen molar-refractivity contribution in [3.63, 3.8) is 0 Å². The smallest absolute Gasteiger partial charge is 0.249 e. The number of aryl methyl sites for hydroxylation is 1. The SMILES string of the molecule is Cn1nccc1CCNC(=O)C1CCC(CN)O1. The number of ether oxygens (including phenoxy) is 1. The van der Waals surface area contributed by atoms with Crippen molar-refractivity contribution in [3.8, 4) is 0 Å². The zero-order chi connectivity index (χ0) is 13.0. The molecule has 0 saturated carbocycles. The minimum Gasteiger partial charge on any atom is -0.364 e. The molecule has 3 N–H and O–H groups in total. The van der Waals surface area contributed by atoms with Gasteiger partial charge in [0.2, 0.25) is 5.91 Å². The molecule has 1 aliphatic heterocycles. The van der Waals surface area contributed by atoms with Crippen LogP contribution in [-0.4, -0.2) is 41.0 Å². The van der Waals surface area contributed by atoms with E-state index in [1.165, 1.54) is 0 Å². The molecule has 1 aliphatic rings. The number of nitrogens with zero attached hydrogens (tertiary/aromatic N) is 2. The second kappa shape index (κ2) is 5.97. The minimum atomic E-state index is -0.329. The van der Waals surface area contributed by atoms with Crippen LogP contribution in [0, 0.1) is 0 Å². The van der Waals surface area contributed by atoms with E-state index >= 15 is 0 Å². The van der Waals surface area contributed by atoms with Gasteiger partial charge in [0.05, 0.1) is 6.10 Å². The summed E-state index contributed by atoms with van der Waals surface area (Å²) < 4.78 is 7.34. The van der Waals surface area contributed by atoms with E-state index in [-0.39, 0.29) is 18.1 Å². The first-order chi connectivity index (χ1) is 8.70. The van der Waals surface area contributed by atoms with Gasteiger partial charge in [-0.1, -0.05) is 0 Å². The average Bonchev–Trinajstić information content (AvgIpc) is 2.98. The van der Waals surface area contributed by atoms with Crippen LogP contribution >= 0.6 is 0 Å². The molecule has 1 aromatic rings. The number of carbonyl (C=O) groups is 1. The van der Waals surface area contributed by atoms with Crippen LogP contribution in [0.5, 0.6) is 0 Å². The monoisotopic (exact) mass is 252 g/mol. The van der Waals surface area contributed by atoms with Crippen LogP contribution in [0.1, 0.15) is 18.5 Å². The largest absolute Gasteiger partial charge is 0.364 e. The molecule has 6 heteroatoms. The van der Waals surface area contributed by atoms with E-state index in [0.29, 0.717) is 13.1 Å². The van der Waals surface area contributed by atoms with Gasteiger partial charge in [0.15, 0.2) is 0 Å². The molecule has 1 fully saturated rings. The third-order valence-electron chi connectivity index (χ3n) is 3.27. The van der Waals surface area contributed by atoms with E-state index in [1.807, 2.05) is 17.8 Å². The number of nitrogens with one attached hydrogen (secondary N) is 1. The number of hydrogen-bond donors (Lipinski definition) is 2. The van der Waals surface area contributed by atoms with Crippen molar-refractivity contribution >= 4 is 5.91 Å². The molecule has 6 nitrogen and oxygen atoms in total. The minimum absolute atomic E-state index is 0.0341. The predicted octanol–water partition coefficient (Wildman–Crippen LogP) is -0.415. The van der Waals surface area contributed by atoms with Gasteiger partial charge in [-0.05, 0) is 18.9 Å². The second-order valence-corrected chi connectivity index (χ2v) is 4.55. The number of nitrogens with two attached hydrogens (primary N) is 1. The third-order valence-corrected chi connectivity index (χ3v) is 3.27. The molecule has 2 rings (SSSR count). The highest BCUT2D eigenvalue weighted by molar-refractivity contribution is 5.81. The third kappa shape index (κ3) is 3.08. The Morgan fingerprint density at radius 2 is 2.50 bits per heavy atom. The maximum Gasteiger partial charge on any atom is 0.249 e. The summed E-state index contributed by atoms with van der Waals surface area (Å²) in [5.74, 6) is -0.0341. The van der Waals surface area contributed by atoms with Crippen molar-refractivity contribution < 1.29 is 9.53 Å². The van der Waals surface area contributed by atoms with Crippen molar-refractivity contribution in [2.75, 3.05) is 13.1 Å². The summed E-state index contributed by atoms with van der Waals surface area (Å²) in [4.78, 5) is 11.8. The summed E-state index contributed by atoms with van der Waals surface area (Å²) in [7, 11) is 1.89. The van der Waals surface area contributed by atoms with Crippen molar-refractivity contribution in [1.29, 1.82) is 0 Å². The maximum atomic E-state index is 11.8. The average molecular weight is 252 g/mol. The Hall–Kier alpha value is -1.40. The normalized spacial score (nSPS) is 23.2. The van der Waals surface area contributed by atoms with E-state index in [9.17, 15) is 4.79 Å². The lowest BCUT2D eigenvalue weighted by atomic mass is 10.2. The van der Waals surface area contributed by atoms with Gasteiger partial charge in [0.25, 0.3) is 0 Å². The van der Waals surface area contributed by atoms with Crippen LogP contribution in [0.15, 0.2) is 12.3 Å². The van der Waals surface area contributed by atoms with Crippen LogP contribution in [0.4, 0.5) is 0 Å². The molecule has 0 aromatic carbocycles. The van der Waals surface area contributed by atoms with E-state index in [0.717, 1.165) is 25.0 Å². The van der Waals surface area contributed by atoms with Crippen LogP contribution in [0.25, 0.3) is 0 Å². The number of carbonyl (C=O) groups excluding carboxylic acids is 1. The highest BCUT2D eigenvalue weighted by atomic mass is 16.5. The molecule has 2 unspecified atom stereocenters. The first kappa shape index (κ1) is 13.0. The highest BCUT2D eigenvalue weighted by Crippen LogP contribution is 2.18. The molecule has 18 heavy (non-hydrogen) atoms. The van der Waals surface area contributed by atoms with E-state index in [4.69, 9.17) is 10.5 Å². The number of rotatable bonds is 5. The standard InChI is InChI=1S/C12H20N4O2/c1-16-9(5-7-15-16)4-6-14-12(17)11-3-2-10(8-13)18-11/h5,7,10-11H,2-4,6,8,13H2,1H3,(H,14,17). The molecule has 1 aromatic heterocycles. The Kier molecular flexibility index (Phi) is 4.33. The van der Waals surface area contributed by atoms with Crippen LogP contribution in [-0.2, 0) is 23.0 Å². The fourth-order valence-electron chi connectivity index (χ4n) is 2.15. The summed E-state index contributed by atoms with van der Waals surface area (Å²) in [6.07, 6.45) is 3.87. The van der Waals surface area contributed by atoms with Gasteiger partial charge in [-0.3, -0.25) is 9.48 Å². The number of hydrogen-bond acceptors (Lipinski definition) is 4. The molecule has 1 amide bonds. The van der Waals surface area contributed by atoms with Gasteiger partial charge in [0.1, 0.15) is 6.10 Å². The summed E-state index contributed by atoms with van der Waals surface area (Å²) in [5.41, 5.74) is 6.61. The topological polar surface area (TPSA) is 82.2 Å². The zero-order valence-corrected chi connectivity index (χ0v) is 10.6. The first-order valence-electron chi connectivity index (χ1n) is 6.31. The molecule has 2 heterocycles. The Morgan fingerprint density at radius 3 is 3.11 bits per heavy atom. The van der Waals surface area contributed by atoms with Gasteiger partial charge in [0, 0.05) is 38.4 Å². The quantitative estimate of drug-likeness (QED) is 0.746. The van der Waals surface area contributed by atoms with Gasteiger partial charge in [-0.25, -0.2) is 0 Å². The molecule has 2 atom stereocenters.